The van der Waals surface area contributed by atoms with Crippen molar-refractivity contribution in [1.82, 2.24) is 0 Å². The Bertz CT molecular complexity index is 1570. The van der Waals surface area contributed by atoms with Crippen molar-refractivity contribution in [1.29, 1.82) is 0 Å². The first-order valence-corrected chi connectivity index (χ1v) is 12.5. The number of nitrogen functional groups attached to an aromatic ring is 2. The summed E-state index contributed by atoms with van der Waals surface area (Å²) >= 11 is 0. The number of carbonyl (C=O) groups is 1. The number of anilines is 2. The van der Waals surface area contributed by atoms with E-state index in [1.165, 1.54) is 18.2 Å². The van der Waals surface area contributed by atoms with Crippen molar-refractivity contribution in [2.75, 3.05) is 11.5 Å². The molecule has 0 aliphatic heterocycles. The Morgan fingerprint density at radius 1 is 0.647 bits per heavy atom. The highest BCUT2D eigenvalue weighted by atomic mass is 32.2. The molecule has 0 fully saturated rings. The van der Waals surface area contributed by atoms with E-state index in [4.69, 9.17) is 20.6 Å². The van der Waals surface area contributed by atoms with Crippen LogP contribution in [0.4, 0.5) is 11.4 Å². The molecule has 4 rings (SSSR count). The minimum absolute atomic E-state index is 0.0237. The van der Waals surface area contributed by atoms with Gasteiger partial charge in [-0.15, -0.1) is 0 Å². The highest BCUT2D eigenvalue weighted by Gasteiger charge is 2.20. The summed E-state index contributed by atoms with van der Waals surface area (Å²) in [6.07, 6.45) is 0. The predicted molar refractivity (Wildman–Crippen MR) is 129 cm³/mol. The molecule has 0 amide bonds. The highest BCUT2D eigenvalue weighted by molar-refractivity contribution is 7.86. The van der Waals surface area contributed by atoms with Gasteiger partial charge in [0, 0.05) is 27.9 Å². The van der Waals surface area contributed by atoms with E-state index in [1.807, 2.05) is 18.2 Å². The zero-order chi connectivity index (χ0) is 25.1. The molecule has 176 valence electrons. The maximum Gasteiger partial charge on any atom is 0.295 e. The summed E-state index contributed by atoms with van der Waals surface area (Å²) in [5.41, 5.74) is 13.4. The Kier molecular flexibility index (Phi) is 7.03. The summed E-state index contributed by atoms with van der Waals surface area (Å²) in [5.74, 6) is 0.0237. The van der Waals surface area contributed by atoms with Gasteiger partial charge in [0.05, 0.1) is 4.90 Å². The van der Waals surface area contributed by atoms with Gasteiger partial charge >= 0.3 is 0 Å². The van der Waals surface area contributed by atoms with E-state index in [-0.39, 0.29) is 22.2 Å². The van der Waals surface area contributed by atoms with Gasteiger partial charge in [-0.3, -0.25) is 13.9 Å². The summed E-state index contributed by atoms with van der Waals surface area (Å²) in [5, 5.41) is 0.270. The van der Waals surface area contributed by atoms with Gasteiger partial charge in [-0.05, 0) is 53.9 Å². The van der Waals surface area contributed by atoms with Crippen LogP contribution in [0.15, 0.2) is 94.7 Å². The fourth-order valence-corrected chi connectivity index (χ4v) is 4.44. The molecule has 0 bridgehead atoms. The molecule has 0 saturated heterocycles. The van der Waals surface area contributed by atoms with Crippen molar-refractivity contribution in [2.45, 2.75) is 9.79 Å². The number of benzene rings is 4. The molecule has 0 aromatic heterocycles. The van der Waals surface area contributed by atoms with Gasteiger partial charge in [0.2, 0.25) is 0 Å². The highest BCUT2D eigenvalue weighted by Crippen LogP contribution is 2.28. The second kappa shape index (κ2) is 9.61. The van der Waals surface area contributed by atoms with Gasteiger partial charge in [0.1, 0.15) is 4.90 Å². The monoisotopic (exact) mass is 500 g/mol. The average Bonchev–Trinajstić information content (AvgIpc) is 2.78. The third-order valence-corrected chi connectivity index (χ3v) is 6.42. The topological polar surface area (TPSA) is 178 Å². The molecule has 0 spiro atoms. The van der Waals surface area contributed by atoms with Gasteiger partial charge in [-0.2, -0.15) is 16.8 Å². The first-order valence-electron chi connectivity index (χ1n) is 9.60. The minimum atomic E-state index is -4.64. The Balaban J connectivity index is 0.000000196. The van der Waals surface area contributed by atoms with Crippen LogP contribution in [0, 0.1) is 0 Å². The lowest BCUT2D eigenvalue weighted by atomic mass is 10.0. The fraction of sp³-hybridized carbons (Fsp3) is 0. The van der Waals surface area contributed by atoms with Crippen molar-refractivity contribution >= 4 is 48.2 Å². The fourth-order valence-electron chi connectivity index (χ4n) is 3.08. The number of nitrogens with two attached hydrogens (primary N) is 2. The van der Waals surface area contributed by atoms with Crippen LogP contribution in [-0.2, 0) is 20.2 Å². The molecule has 6 N–H and O–H groups in total. The number of hydrogen-bond acceptors (Lipinski definition) is 7. The van der Waals surface area contributed by atoms with E-state index in [9.17, 15) is 21.6 Å². The second-order valence-electron chi connectivity index (χ2n) is 7.17. The molecule has 0 unspecified atom stereocenters. The van der Waals surface area contributed by atoms with Crippen LogP contribution in [0.5, 0.6) is 0 Å². The summed E-state index contributed by atoms with van der Waals surface area (Å²) in [6.45, 7) is 0. The first-order chi connectivity index (χ1) is 15.9. The summed E-state index contributed by atoms with van der Waals surface area (Å²) in [7, 11) is -9.25. The molecule has 0 saturated carbocycles. The van der Waals surface area contributed by atoms with E-state index < -0.39 is 30.0 Å². The Hall–Kier alpha value is -3.77. The lowest BCUT2D eigenvalue weighted by molar-refractivity contribution is 0.103. The molecule has 0 radical (unpaired) electrons. The normalized spacial score (nSPS) is 11.5. The van der Waals surface area contributed by atoms with Crippen molar-refractivity contribution in [3.63, 3.8) is 0 Å². The largest absolute Gasteiger partial charge is 0.399 e. The van der Waals surface area contributed by atoms with Crippen LogP contribution in [0.1, 0.15) is 15.9 Å². The predicted octanol–water partition coefficient (Wildman–Crippen LogP) is 3.42. The third kappa shape index (κ3) is 5.97. The van der Waals surface area contributed by atoms with Crippen LogP contribution >= 0.6 is 0 Å². The standard InChI is InChI=1S/C13H11NO.C10H9NO6S2/c14-12-8-6-11(7-9-12)13(15)10-4-2-1-3-5-10;11-7-1-2-9-6(3-7)4-8(18(12,13)14)5-10(9)19(15,16)17/h1-9H,14H2;1-5H,11H2,(H,12,13,14)(H,15,16,17). The van der Waals surface area contributed by atoms with Crippen molar-refractivity contribution in [3.8, 4) is 0 Å². The van der Waals surface area contributed by atoms with Crippen LogP contribution in [0.3, 0.4) is 0 Å². The van der Waals surface area contributed by atoms with Gasteiger partial charge in [0.25, 0.3) is 20.2 Å². The molecule has 34 heavy (non-hydrogen) atoms. The van der Waals surface area contributed by atoms with Crippen LogP contribution in [0.2, 0.25) is 0 Å². The molecule has 11 heteroatoms. The second-order valence-corrected chi connectivity index (χ2v) is 9.98. The summed E-state index contributed by atoms with van der Waals surface area (Å²) < 4.78 is 62.8. The lowest BCUT2D eigenvalue weighted by Crippen LogP contribution is -2.04. The van der Waals surface area contributed by atoms with Gasteiger partial charge < -0.3 is 11.5 Å². The van der Waals surface area contributed by atoms with Crippen molar-refractivity contribution in [2.24, 2.45) is 0 Å². The van der Waals surface area contributed by atoms with E-state index in [0.29, 0.717) is 22.9 Å². The molecular weight excluding hydrogens is 480 g/mol. The van der Waals surface area contributed by atoms with E-state index >= 15 is 0 Å². The molecule has 4 aromatic rings. The molecule has 0 aliphatic rings. The first kappa shape index (κ1) is 24.9. The van der Waals surface area contributed by atoms with E-state index in [2.05, 4.69) is 0 Å². The Morgan fingerprint density at radius 2 is 1.21 bits per heavy atom. The van der Waals surface area contributed by atoms with E-state index in [0.717, 1.165) is 6.07 Å². The average molecular weight is 501 g/mol. The van der Waals surface area contributed by atoms with Crippen LogP contribution in [-0.4, -0.2) is 31.7 Å². The summed E-state index contributed by atoms with van der Waals surface area (Å²) in [4.78, 5) is 10.7. The SMILES string of the molecule is Nc1ccc(C(=O)c2ccccc2)cc1.Nc1ccc2c(S(=O)(=O)O)cc(S(=O)(=O)O)cc2c1. The molecule has 0 atom stereocenters. The summed E-state index contributed by atoms with van der Waals surface area (Å²) in [6, 6.07) is 22.0. The molecule has 0 aliphatic carbocycles. The van der Waals surface area contributed by atoms with E-state index in [1.54, 1.807) is 36.4 Å². The van der Waals surface area contributed by atoms with Crippen LogP contribution in [0.25, 0.3) is 10.8 Å². The zero-order valence-corrected chi connectivity index (χ0v) is 19.1. The molecular formula is C23H20N2O7S2. The maximum absolute atomic E-state index is 11.9. The maximum atomic E-state index is 11.9. The van der Waals surface area contributed by atoms with Gasteiger partial charge in [-0.1, -0.05) is 36.4 Å². The van der Waals surface area contributed by atoms with Crippen molar-refractivity contribution in [3.05, 3.63) is 96.1 Å². The Morgan fingerprint density at radius 3 is 1.76 bits per heavy atom. The number of ketones is 1. The minimum Gasteiger partial charge on any atom is -0.399 e. The lowest BCUT2D eigenvalue weighted by Gasteiger charge is -2.07. The molecule has 9 nitrogen and oxygen atoms in total. The van der Waals surface area contributed by atoms with Crippen LogP contribution < -0.4 is 11.5 Å². The number of carbonyl (C=O) groups excluding carboxylic acids is 1. The quantitative estimate of drug-likeness (QED) is 0.186. The third-order valence-electron chi connectivity index (χ3n) is 4.70. The molecule has 0 heterocycles. The smallest absolute Gasteiger partial charge is 0.295 e. The zero-order valence-electron chi connectivity index (χ0n) is 17.5. The number of hydrogen-bond donors (Lipinski definition) is 4. The van der Waals surface area contributed by atoms with Gasteiger partial charge in [-0.25, -0.2) is 0 Å². The molecule has 4 aromatic carbocycles. The Labute approximate surface area is 196 Å². The van der Waals surface area contributed by atoms with Gasteiger partial charge in [0.15, 0.2) is 5.78 Å². The number of rotatable bonds is 4. The number of fused-ring (bicyclic) bond motifs is 1. The van der Waals surface area contributed by atoms with Crippen molar-refractivity contribution < 1.29 is 30.7 Å².